The van der Waals surface area contributed by atoms with Crippen molar-refractivity contribution in [2.75, 3.05) is 20.6 Å². The molecule has 1 N–H and O–H groups in total. The summed E-state index contributed by atoms with van der Waals surface area (Å²) in [5.41, 5.74) is 2.53. The van der Waals surface area contributed by atoms with Gasteiger partial charge in [0, 0.05) is 24.2 Å². The molecule has 0 amide bonds. The van der Waals surface area contributed by atoms with Crippen LogP contribution in [0.3, 0.4) is 0 Å². The maximum Gasteiger partial charge on any atom is 0.0776 e. The van der Waals surface area contributed by atoms with Crippen LogP contribution in [0, 0.1) is 0 Å². The molecular formula is C16H21N2+. The Balaban J connectivity index is 2.24. The van der Waals surface area contributed by atoms with Crippen LogP contribution in [0.1, 0.15) is 23.6 Å². The highest BCUT2D eigenvalue weighted by Gasteiger charge is 2.16. The third kappa shape index (κ3) is 3.41. The SMILES string of the molecule is C[NH+](C)CC[C@@H](c1ccccc1)c1ccccn1. The molecule has 0 fully saturated rings. The van der Waals surface area contributed by atoms with Crippen molar-refractivity contribution < 1.29 is 4.90 Å². The first-order valence-electron chi connectivity index (χ1n) is 6.52. The van der Waals surface area contributed by atoms with Crippen LogP contribution >= 0.6 is 0 Å². The summed E-state index contributed by atoms with van der Waals surface area (Å²) in [6.45, 7) is 1.15. The van der Waals surface area contributed by atoms with E-state index in [2.05, 4.69) is 61.5 Å². The van der Waals surface area contributed by atoms with Crippen LogP contribution in [0.25, 0.3) is 0 Å². The van der Waals surface area contributed by atoms with E-state index in [1.54, 1.807) is 0 Å². The summed E-state index contributed by atoms with van der Waals surface area (Å²) in [5, 5.41) is 0. The Morgan fingerprint density at radius 1 is 1.00 bits per heavy atom. The predicted molar refractivity (Wildman–Crippen MR) is 74.8 cm³/mol. The fraction of sp³-hybridized carbons (Fsp3) is 0.312. The summed E-state index contributed by atoms with van der Waals surface area (Å²) in [6, 6.07) is 16.8. The van der Waals surface area contributed by atoms with Crippen LogP contribution < -0.4 is 4.90 Å². The van der Waals surface area contributed by atoms with Gasteiger partial charge in [-0.05, 0) is 17.7 Å². The van der Waals surface area contributed by atoms with E-state index in [1.807, 2.05) is 12.3 Å². The number of aromatic nitrogens is 1. The number of pyridine rings is 1. The molecule has 0 unspecified atom stereocenters. The van der Waals surface area contributed by atoms with Gasteiger partial charge in [-0.1, -0.05) is 36.4 Å². The lowest BCUT2D eigenvalue weighted by atomic mass is 9.92. The fourth-order valence-electron chi connectivity index (χ4n) is 2.19. The third-order valence-electron chi connectivity index (χ3n) is 3.18. The molecule has 0 aliphatic heterocycles. The van der Waals surface area contributed by atoms with Gasteiger partial charge in [0.15, 0.2) is 0 Å². The monoisotopic (exact) mass is 241 g/mol. The Morgan fingerprint density at radius 2 is 1.72 bits per heavy atom. The summed E-state index contributed by atoms with van der Waals surface area (Å²) in [6.07, 6.45) is 3.01. The van der Waals surface area contributed by atoms with Crippen LogP contribution in [0.4, 0.5) is 0 Å². The van der Waals surface area contributed by atoms with Gasteiger partial charge in [-0.25, -0.2) is 0 Å². The summed E-state index contributed by atoms with van der Waals surface area (Å²) in [7, 11) is 4.39. The van der Waals surface area contributed by atoms with Gasteiger partial charge >= 0.3 is 0 Å². The van der Waals surface area contributed by atoms with Crippen LogP contribution in [0.2, 0.25) is 0 Å². The van der Waals surface area contributed by atoms with Gasteiger partial charge in [-0.2, -0.15) is 0 Å². The highest BCUT2D eigenvalue weighted by atomic mass is 15.0. The normalized spacial score (nSPS) is 12.6. The molecule has 0 spiro atoms. The number of quaternary nitrogens is 1. The summed E-state index contributed by atoms with van der Waals surface area (Å²) in [5.74, 6) is 0.405. The summed E-state index contributed by atoms with van der Waals surface area (Å²) < 4.78 is 0. The van der Waals surface area contributed by atoms with E-state index >= 15 is 0 Å². The van der Waals surface area contributed by atoms with Crippen LogP contribution in [0.15, 0.2) is 54.7 Å². The second-order valence-corrected chi connectivity index (χ2v) is 4.96. The van der Waals surface area contributed by atoms with Crippen molar-refractivity contribution in [3.8, 4) is 0 Å². The average Bonchev–Trinajstić information content (AvgIpc) is 2.41. The number of benzene rings is 1. The maximum absolute atomic E-state index is 4.52. The summed E-state index contributed by atoms with van der Waals surface area (Å²) in [4.78, 5) is 6.00. The van der Waals surface area contributed by atoms with Crippen LogP contribution in [-0.2, 0) is 0 Å². The smallest absolute Gasteiger partial charge is 0.0776 e. The number of nitrogens with zero attached hydrogens (tertiary/aromatic N) is 1. The van der Waals surface area contributed by atoms with Gasteiger partial charge in [0.2, 0.25) is 0 Å². The first kappa shape index (κ1) is 12.8. The number of hydrogen-bond donors (Lipinski definition) is 1. The molecule has 0 saturated heterocycles. The minimum Gasteiger partial charge on any atom is -0.340 e. The molecule has 2 rings (SSSR count). The van der Waals surface area contributed by atoms with Crippen molar-refractivity contribution in [1.82, 2.24) is 4.98 Å². The Hall–Kier alpha value is -1.67. The van der Waals surface area contributed by atoms with Gasteiger partial charge in [-0.3, -0.25) is 4.98 Å². The Kier molecular flexibility index (Phi) is 4.48. The predicted octanol–water partition coefficient (Wildman–Crippen LogP) is 1.75. The van der Waals surface area contributed by atoms with Crippen molar-refractivity contribution in [3.63, 3.8) is 0 Å². The largest absolute Gasteiger partial charge is 0.340 e. The molecule has 2 aromatic rings. The average molecular weight is 241 g/mol. The van der Waals surface area contributed by atoms with E-state index in [0.717, 1.165) is 13.0 Å². The van der Waals surface area contributed by atoms with Crippen molar-refractivity contribution >= 4 is 0 Å². The lowest BCUT2D eigenvalue weighted by Crippen LogP contribution is -3.05. The van der Waals surface area contributed by atoms with E-state index < -0.39 is 0 Å². The lowest BCUT2D eigenvalue weighted by Gasteiger charge is -2.18. The summed E-state index contributed by atoms with van der Waals surface area (Å²) >= 11 is 0. The Labute approximate surface area is 109 Å². The van der Waals surface area contributed by atoms with E-state index in [4.69, 9.17) is 0 Å². The number of hydrogen-bond acceptors (Lipinski definition) is 1. The quantitative estimate of drug-likeness (QED) is 0.844. The minimum atomic E-state index is 0.405. The molecule has 0 aliphatic rings. The minimum absolute atomic E-state index is 0.405. The molecule has 1 aromatic heterocycles. The zero-order valence-electron chi connectivity index (χ0n) is 11.1. The van der Waals surface area contributed by atoms with E-state index in [1.165, 1.54) is 16.2 Å². The lowest BCUT2D eigenvalue weighted by molar-refractivity contribution is -0.858. The Morgan fingerprint density at radius 3 is 2.33 bits per heavy atom. The topological polar surface area (TPSA) is 17.3 Å². The molecule has 2 heteroatoms. The van der Waals surface area contributed by atoms with Gasteiger partial charge in [0.25, 0.3) is 0 Å². The van der Waals surface area contributed by atoms with Crippen molar-refractivity contribution in [2.45, 2.75) is 12.3 Å². The first-order valence-corrected chi connectivity index (χ1v) is 6.52. The van der Waals surface area contributed by atoms with Crippen molar-refractivity contribution in [3.05, 3.63) is 66.0 Å². The second kappa shape index (κ2) is 6.31. The zero-order valence-corrected chi connectivity index (χ0v) is 11.1. The molecule has 1 heterocycles. The molecule has 1 atom stereocenters. The highest BCUT2D eigenvalue weighted by molar-refractivity contribution is 5.28. The number of rotatable bonds is 5. The third-order valence-corrected chi connectivity index (χ3v) is 3.18. The first-order chi connectivity index (χ1) is 8.77. The van der Waals surface area contributed by atoms with E-state index in [0.29, 0.717) is 5.92 Å². The van der Waals surface area contributed by atoms with Crippen LogP contribution in [0.5, 0.6) is 0 Å². The molecule has 18 heavy (non-hydrogen) atoms. The van der Waals surface area contributed by atoms with Crippen LogP contribution in [-0.4, -0.2) is 25.6 Å². The maximum atomic E-state index is 4.52. The van der Waals surface area contributed by atoms with E-state index in [-0.39, 0.29) is 0 Å². The van der Waals surface area contributed by atoms with Gasteiger partial charge in [0.1, 0.15) is 0 Å². The van der Waals surface area contributed by atoms with Gasteiger partial charge in [-0.15, -0.1) is 0 Å². The molecule has 0 aliphatic carbocycles. The molecule has 0 bridgehead atoms. The van der Waals surface area contributed by atoms with Gasteiger partial charge in [0.05, 0.1) is 20.6 Å². The molecule has 2 nitrogen and oxygen atoms in total. The fourth-order valence-corrected chi connectivity index (χ4v) is 2.19. The van der Waals surface area contributed by atoms with Crippen molar-refractivity contribution in [2.24, 2.45) is 0 Å². The second-order valence-electron chi connectivity index (χ2n) is 4.96. The number of nitrogens with one attached hydrogen (secondary N) is 1. The van der Waals surface area contributed by atoms with Gasteiger partial charge < -0.3 is 4.90 Å². The molecule has 0 saturated carbocycles. The molecule has 1 aromatic carbocycles. The van der Waals surface area contributed by atoms with Crippen molar-refractivity contribution in [1.29, 1.82) is 0 Å². The molecular weight excluding hydrogens is 220 g/mol. The zero-order chi connectivity index (χ0) is 12.8. The molecule has 0 radical (unpaired) electrons. The Bertz CT molecular complexity index is 412. The molecule has 94 valence electrons. The highest BCUT2D eigenvalue weighted by Crippen LogP contribution is 2.25. The standard InChI is InChI=1S/C16H20N2/c1-18(2)13-11-15(14-8-4-3-5-9-14)16-10-6-7-12-17-16/h3-10,12,15H,11,13H2,1-2H3/p+1/t15-/m0/s1. The van der Waals surface area contributed by atoms with E-state index in [9.17, 15) is 0 Å².